The maximum absolute atomic E-state index is 12.5. The van der Waals surface area contributed by atoms with Crippen molar-refractivity contribution in [3.05, 3.63) is 53.3 Å². The Balaban J connectivity index is 1.89. The van der Waals surface area contributed by atoms with Gasteiger partial charge in [0.25, 0.3) is 5.91 Å². The minimum Gasteiger partial charge on any atom is -0.446 e. The summed E-state index contributed by atoms with van der Waals surface area (Å²) in [6.07, 6.45) is 3.73. The van der Waals surface area contributed by atoms with Crippen LogP contribution in [0.1, 0.15) is 36.6 Å². The monoisotopic (exact) mass is 317 g/mol. The Morgan fingerprint density at radius 3 is 2.95 bits per heavy atom. The van der Waals surface area contributed by atoms with Crippen molar-refractivity contribution in [2.45, 2.75) is 25.8 Å². The van der Waals surface area contributed by atoms with E-state index in [0.717, 1.165) is 10.9 Å². The van der Waals surface area contributed by atoms with E-state index in [0.29, 0.717) is 23.0 Å². The number of aromatic nitrogens is 2. The molecule has 114 valence electrons. The number of hydrogen-bond acceptors (Lipinski definition) is 3. The number of carbonyl (C=O) groups is 1. The molecular weight excluding hydrogens is 302 g/mol. The molecule has 2 aromatic heterocycles. The zero-order valence-electron chi connectivity index (χ0n) is 12.3. The molecule has 0 aliphatic carbocycles. The van der Waals surface area contributed by atoms with Crippen molar-refractivity contribution in [2.24, 2.45) is 0 Å². The molecule has 5 nitrogen and oxygen atoms in total. The number of fused-ring (bicyclic) bond motifs is 1. The number of halogens is 1. The lowest BCUT2D eigenvalue weighted by Gasteiger charge is -2.25. The second-order valence-corrected chi connectivity index (χ2v) is 5.83. The minimum absolute atomic E-state index is 0.213. The number of benzene rings is 1. The van der Waals surface area contributed by atoms with Crippen LogP contribution in [0.15, 0.2) is 41.1 Å². The zero-order chi connectivity index (χ0) is 15.7. The van der Waals surface area contributed by atoms with Crippen LogP contribution < -0.4 is 5.32 Å². The number of hydrogen-bond donors (Lipinski definition) is 2. The van der Waals surface area contributed by atoms with E-state index in [1.807, 2.05) is 26.0 Å². The summed E-state index contributed by atoms with van der Waals surface area (Å²) in [5.41, 5.74) is 0.683. The van der Waals surface area contributed by atoms with Gasteiger partial charge in [0.05, 0.1) is 6.20 Å². The number of oxazole rings is 1. The fourth-order valence-electron chi connectivity index (χ4n) is 2.33. The molecule has 0 aliphatic heterocycles. The van der Waals surface area contributed by atoms with Crippen molar-refractivity contribution in [3.63, 3.8) is 0 Å². The van der Waals surface area contributed by atoms with Crippen LogP contribution >= 0.6 is 11.6 Å². The highest BCUT2D eigenvalue weighted by atomic mass is 35.5. The lowest BCUT2D eigenvalue weighted by molar-refractivity contribution is 0.0881. The maximum Gasteiger partial charge on any atom is 0.268 e. The molecule has 0 unspecified atom stereocenters. The molecule has 2 N–H and O–H groups in total. The summed E-state index contributed by atoms with van der Waals surface area (Å²) in [5.74, 6) is 0.275. The summed E-state index contributed by atoms with van der Waals surface area (Å²) in [6.45, 7) is 3.85. The van der Waals surface area contributed by atoms with Gasteiger partial charge in [-0.15, -0.1) is 0 Å². The molecule has 6 heteroatoms. The van der Waals surface area contributed by atoms with E-state index < -0.39 is 5.54 Å². The SMILES string of the molecule is CC[C@](C)(NC(=O)c1cc2cc(Cl)ccc2[nH]1)c1ncco1. The highest BCUT2D eigenvalue weighted by Crippen LogP contribution is 2.24. The van der Waals surface area contributed by atoms with Crippen LogP contribution in [0.25, 0.3) is 10.9 Å². The molecule has 1 aromatic carbocycles. The van der Waals surface area contributed by atoms with Gasteiger partial charge in [-0.05, 0) is 37.6 Å². The number of aromatic amines is 1. The molecular formula is C16H16ClN3O2. The molecule has 3 rings (SSSR count). The third-order valence-corrected chi connectivity index (χ3v) is 4.06. The Kier molecular flexibility index (Phi) is 3.66. The van der Waals surface area contributed by atoms with Gasteiger partial charge < -0.3 is 14.7 Å². The molecule has 1 amide bonds. The normalized spacial score (nSPS) is 14.0. The standard InChI is InChI=1S/C16H16ClN3O2/c1-3-16(2,15-18-6-7-22-15)20-14(21)13-9-10-8-11(17)4-5-12(10)19-13/h4-9,19H,3H2,1-2H3,(H,20,21)/t16-/m0/s1. The van der Waals surface area contributed by atoms with E-state index in [1.54, 1.807) is 18.3 Å². The molecule has 3 aromatic rings. The van der Waals surface area contributed by atoms with Gasteiger partial charge in [0.15, 0.2) is 0 Å². The van der Waals surface area contributed by atoms with Crippen LogP contribution in [0.5, 0.6) is 0 Å². The van der Waals surface area contributed by atoms with Gasteiger partial charge in [0.1, 0.15) is 17.5 Å². The van der Waals surface area contributed by atoms with Gasteiger partial charge in [-0.1, -0.05) is 18.5 Å². The first-order valence-electron chi connectivity index (χ1n) is 7.02. The number of carbonyl (C=O) groups excluding carboxylic acids is 1. The molecule has 0 spiro atoms. The average Bonchev–Trinajstić information content (AvgIpc) is 3.16. The van der Waals surface area contributed by atoms with Gasteiger partial charge in [-0.2, -0.15) is 0 Å². The predicted octanol–water partition coefficient (Wildman–Crippen LogP) is 3.86. The van der Waals surface area contributed by atoms with Crippen LogP contribution in [-0.2, 0) is 5.54 Å². The Morgan fingerprint density at radius 1 is 1.45 bits per heavy atom. The van der Waals surface area contributed by atoms with Crippen LogP contribution in [0.2, 0.25) is 5.02 Å². The smallest absolute Gasteiger partial charge is 0.268 e. The molecule has 22 heavy (non-hydrogen) atoms. The maximum atomic E-state index is 12.5. The molecule has 0 saturated heterocycles. The molecule has 0 saturated carbocycles. The molecule has 0 bridgehead atoms. The Labute approximate surface area is 132 Å². The third kappa shape index (κ3) is 2.60. The first kappa shape index (κ1) is 14.7. The predicted molar refractivity (Wildman–Crippen MR) is 84.9 cm³/mol. The number of nitrogens with zero attached hydrogens (tertiary/aromatic N) is 1. The van der Waals surface area contributed by atoms with Crippen molar-refractivity contribution in [2.75, 3.05) is 0 Å². The third-order valence-electron chi connectivity index (χ3n) is 3.83. The molecule has 2 heterocycles. The average molecular weight is 318 g/mol. The second kappa shape index (κ2) is 5.50. The number of rotatable bonds is 4. The summed E-state index contributed by atoms with van der Waals surface area (Å²) in [6, 6.07) is 7.23. The van der Waals surface area contributed by atoms with Gasteiger partial charge >= 0.3 is 0 Å². The second-order valence-electron chi connectivity index (χ2n) is 5.39. The summed E-state index contributed by atoms with van der Waals surface area (Å²) in [7, 11) is 0. The first-order chi connectivity index (χ1) is 10.5. The number of H-pyrrole nitrogens is 1. The summed E-state index contributed by atoms with van der Waals surface area (Å²) in [4.78, 5) is 19.8. The Hall–Kier alpha value is -2.27. The van der Waals surface area contributed by atoms with E-state index in [1.165, 1.54) is 6.26 Å². The lowest BCUT2D eigenvalue weighted by atomic mass is 9.98. The van der Waals surface area contributed by atoms with Crippen molar-refractivity contribution in [3.8, 4) is 0 Å². The van der Waals surface area contributed by atoms with Gasteiger partial charge in [-0.3, -0.25) is 4.79 Å². The lowest BCUT2D eigenvalue weighted by Crippen LogP contribution is -2.43. The van der Waals surface area contributed by atoms with Crippen LogP contribution in [-0.4, -0.2) is 15.9 Å². The summed E-state index contributed by atoms with van der Waals surface area (Å²) < 4.78 is 5.35. The van der Waals surface area contributed by atoms with E-state index in [2.05, 4.69) is 15.3 Å². The fourth-order valence-corrected chi connectivity index (χ4v) is 2.51. The van der Waals surface area contributed by atoms with Crippen molar-refractivity contribution >= 4 is 28.4 Å². The number of nitrogens with one attached hydrogen (secondary N) is 2. The highest BCUT2D eigenvalue weighted by Gasteiger charge is 2.31. The van der Waals surface area contributed by atoms with Crippen LogP contribution in [0.3, 0.4) is 0 Å². The van der Waals surface area contributed by atoms with E-state index >= 15 is 0 Å². The summed E-state index contributed by atoms with van der Waals surface area (Å²) in [5, 5.41) is 4.51. The van der Waals surface area contributed by atoms with Gasteiger partial charge in [0, 0.05) is 15.9 Å². The number of amides is 1. The first-order valence-corrected chi connectivity index (χ1v) is 7.40. The molecule has 0 aliphatic rings. The highest BCUT2D eigenvalue weighted by molar-refractivity contribution is 6.31. The fraction of sp³-hybridized carbons (Fsp3) is 0.250. The van der Waals surface area contributed by atoms with Crippen LogP contribution in [0, 0.1) is 0 Å². The summed E-state index contributed by atoms with van der Waals surface area (Å²) >= 11 is 5.97. The van der Waals surface area contributed by atoms with Crippen molar-refractivity contribution in [1.29, 1.82) is 0 Å². The largest absolute Gasteiger partial charge is 0.446 e. The van der Waals surface area contributed by atoms with E-state index in [9.17, 15) is 4.79 Å². The Morgan fingerprint density at radius 2 is 2.27 bits per heavy atom. The van der Waals surface area contributed by atoms with Gasteiger partial charge in [0.2, 0.25) is 5.89 Å². The molecule has 1 atom stereocenters. The van der Waals surface area contributed by atoms with E-state index in [-0.39, 0.29) is 5.91 Å². The molecule has 0 radical (unpaired) electrons. The quantitative estimate of drug-likeness (QED) is 0.767. The Bertz CT molecular complexity index is 810. The van der Waals surface area contributed by atoms with E-state index in [4.69, 9.17) is 16.0 Å². The zero-order valence-corrected chi connectivity index (χ0v) is 13.1. The van der Waals surface area contributed by atoms with Crippen LogP contribution in [0.4, 0.5) is 0 Å². The minimum atomic E-state index is -0.657. The topological polar surface area (TPSA) is 70.9 Å². The van der Waals surface area contributed by atoms with Gasteiger partial charge in [-0.25, -0.2) is 4.98 Å². The van der Waals surface area contributed by atoms with Crippen molar-refractivity contribution in [1.82, 2.24) is 15.3 Å². The van der Waals surface area contributed by atoms with Crippen molar-refractivity contribution < 1.29 is 9.21 Å². The molecule has 0 fully saturated rings.